The van der Waals surface area contributed by atoms with Crippen molar-refractivity contribution in [2.24, 2.45) is 0 Å². The highest BCUT2D eigenvalue weighted by Crippen LogP contribution is 2.38. The van der Waals surface area contributed by atoms with Crippen molar-refractivity contribution in [3.05, 3.63) is 96.8 Å². The van der Waals surface area contributed by atoms with Crippen molar-refractivity contribution in [3.63, 3.8) is 0 Å². The lowest BCUT2D eigenvalue weighted by atomic mass is 9.88. The first kappa shape index (κ1) is 15.3. The summed E-state index contributed by atoms with van der Waals surface area (Å²) in [6, 6.07) is 27.2. The minimum Gasteiger partial charge on any atom is -0.237 e. The molecule has 0 N–H and O–H groups in total. The molecular formula is C23H18N2. The smallest absolute Gasteiger partial charge is 0.159 e. The van der Waals surface area contributed by atoms with Crippen LogP contribution in [-0.2, 0) is 0 Å². The SMILES string of the molecule is Cc1c(-c2ncccn2)ccc(-c2ccccc2)c1-c1ccccc1. The fourth-order valence-corrected chi connectivity index (χ4v) is 3.23. The number of hydrogen-bond acceptors (Lipinski definition) is 2. The minimum atomic E-state index is 0.761. The molecule has 0 aliphatic heterocycles. The van der Waals surface area contributed by atoms with Crippen LogP contribution in [0.25, 0.3) is 33.6 Å². The Kier molecular flexibility index (Phi) is 4.09. The molecule has 0 spiro atoms. The largest absolute Gasteiger partial charge is 0.237 e. The molecule has 0 fully saturated rings. The molecule has 1 heterocycles. The van der Waals surface area contributed by atoms with Crippen molar-refractivity contribution in [1.82, 2.24) is 9.97 Å². The molecule has 0 aliphatic rings. The zero-order valence-corrected chi connectivity index (χ0v) is 14.1. The summed E-state index contributed by atoms with van der Waals surface area (Å²) in [7, 11) is 0. The van der Waals surface area contributed by atoms with Crippen LogP contribution >= 0.6 is 0 Å². The van der Waals surface area contributed by atoms with Gasteiger partial charge in [0.15, 0.2) is 5.82 Å². The number of rotatable bonds is 3. The Morgan fingerprint density at radius 1 is 0.560 bits per heavy atom. The second kappa shape index (κ2) is 6.70. The zero-order chi connectivity index (χ0) is 17.1. The Morgan fingerprint density at radius 3 is 1.76 bits per heavy atom. The van der Waals surface area contributed by atoms with Crippen molar-refractivity contribution < 1.29 is 0 Å². The first-order chi connectivity index (χ1) is 12.3. The van der Waals surface area contributed by atoms with Gasteiger partial charge in [0.1, 0.15) is 0 Å². The normalized spacial score (nSPS) is 10.6. The molecule has 1 aromatic heterocycles. The number of nitrogens with zero attached hydrogens (tertiary/aromatic N) is 2. The lowest BCUT2D eigenvalue weighted by molar-refractivity contribution is 1.17. The topological polar surface area (TPSA) is 25.8 Å². The van der Waals surface area contributed by atoms with Crippen LogP contribution in [-0.4, -0.2) is 9.97 Å². The molecule has 0 radical (unpaired) electrons. The molecule has 2 nitrogen and oxygen atoms in total. The highest BCUT2D eigenvalue weighted by molar-refractivity contribution is 5.89. The Hall–Kier alpha value is -3.26. The average Bonchev–Trinajstić information content (AvgIpc) is 2.70. The predicted octanol–water partition coefficient (Wildman–Crippen LogP) is 5.79. The summed E-state index contributed by atoms with van der Waals surface area (Å²) in [6.07, 6.45) is 3.57. The lowest BCUT2D eigenvalue weighted by Gasteiger charge is -2.16. The Morgan fingerprint density at radius 2 is 1.12 bits per heavy atom. The lowest BCUT2D eigenvalue weighted by Crippen LogP contribution is -1.95. The number of hydrogen-bond donors (Lipinski definition) is 0. The van der Waals surface area contributed by atoms with E-state index in [0.717, 1.165) is 11.4 Å². The van der Waals surface area contributed by atoms with Gasteiger partial charge in [0.2, 0.25) is 0 Å². The third-order valence-corrected chi connectivity index (χ3v) is 4.42. The van der Waals surface area contributed by atoms with Gasteiger partial charge in [-0.2, -0.15) is 0 Å². The molecule has 0 aliphatic carbocycles. The van der Waals surface area contributed by atoms with Crippen molar-refractivity contribution >= 4 is 0 Å². The van der Waals surface area contributed by atoms with E-state index in [-0.39, 0.29) is 0 Å². The third-order valence-electron chi connectivity index (χ3n) is 4.42. The van der Waals surface area contributed by atoms with Gasteiger partial charge in [-0.25, -0.2) is 9.97 Å². The van der Waals surface area contributed by atoms with E-state index in [2.05, 4.69) is 77.6 Å². The van der Waals surface area contributed by atoms with Crippen LogP contribution in [0.1, 0.15) is 5.56 Å². The third kappa shape index (κ3) is 2.94. The molecule has 2 heteroatoms. The summed E-state index contributed by atoms with van der Waals surface area (Å²) in [5.41, 5.74) is 7.14. The summed E-state index contributed by atoms with van der Waals surface area (Å²) < 4.78 is 0. The maximum atomic E-state index is 4.44. The molecule has 0 amide bonds. The average molecular weight is 322 g/mol. The molecule has 25 heavy (non-hydrogen) atoms. The van der Waals surface area contributed by atoms with E-state index in [1.807, 2.05) is 18.2 Å². The maximum Gasteiger partial charge on any atom is 0.159 e. The van der Waals surface area contributed by atoms with Gasteiger partial charge in [-0.15, -0.1) is 0 Å². The van der Waals surface area contributed by atoms with Gasteiger partial charge in [-0.1, -0.05) is 72.8 Å². The molecule has 3 aromatic carbocycles. The molecule has 4 rings (SSSR count). The Balaban J connectivity index is 2.00. The van der Waals surface area contributed by atoms with Gasteiger partial charge in [-0.3, -0.25) is 0 Å². The van der Waals surface area contributed by atoms with Gasteiger partial charge in [0, 0.05) is 18.0 Å². The molecule has 0 atom stereocenters. The first-order valence-electron chi connectivity index (χ1n) is 8.36. The van der Waals surface area contributed by atoms with Gasteiger partial charge in [-0.05, 0) is 40.8 Å². The quantitative estimate of drug-likeness (QED) is 0.477. The first-order valence-corrected chi connectivity index (χ1v) is 8.36. The summed E-state index contributed by atoms with van der Waals surface area (Å²) in [6.45, 7) is 2.15. The van der Waals surface area contributed by atoms with E-state index in [0.29, 0.717) is 0 Å². The summed E-state index contributed by atoms with van der Waals surface area (Å²) in [5.74, 6) is 0.761. The van der Waals surface area contributed by atoms with E-state index in [1.165, 1.54) is 27.8 Å². The molecule has 0 bridgehead atoms. The fourth-order valence-electron chi connectivity index (χ4n) is 3.23. The zero-order valence-electron chi connectivity index (χ0n) is 14.1. The van der Waals surface area contributed by atoms with Gasteiger partial charge in [0.25, 0.3) is 0 Å². The van der Waals surface area contributed by atoms with E-state index in [4.69, 9.17) is 0 Å². The van der Waals surface area contributed by atoms with Crippen molar-refractivity contribution in [1.29, 1.82) is 0 Å². The van der Waals surface area contributed by atoms with Crippen LogP contribution in [0.3, 0.4) is 0 Å². The number of aromatic nitrogens is 2. The second-order valence-electron chi connectivity index (χ2n) is 5.97. The molecule has 120 valence electrons. The number of benzene rings is 3. The summed E-state index contributed by atoms with van der Waals surface area (Å²) >= 11 is 0. The summed E-state index contributed by atoms with van der Waals surface area (Å²) in [5, 5.41) is 0. The fraction of sp³-hybridized carbons (Fsp3) is 0.0435. The van der Waals surface area contributed by atoms with Crippen LogP contribution in [0.5, 0.6) is 0 Å². The maximum absolute atomic E-state index is 4.44. The summed E-state index contributed by atoms with van der Waals surface area (Å²) in [4.78, 5) is 8.87. The van der Waals surface area contributed by atoms with Crippen LogP contribution < -0.4 is 0 Å². The van der Waals surface area contributed by atoms with Crippen LogP contribution in [0, 0.1) is 6.92 Å². The highest BCUT2D eigenvalue weighted by Gasteiger charge is 2.15. The van der Waals surface area contributed by atoms with E-state index in [1.54, 1.807) is 12.4 Å². The van der Waals surface area contributed by atoms with Crippen LogP contribution in [0.15, 0.2) is 91.3 Å². The van der Waals surface area contributed by atoms with E-state index in [9.17, 15) is 0 Å². The monoisotopic (exact) mass is 322 g/mol. The second-order valence-corrected chi connectivity index (χ2v) is 5.97. The van der Waals surface area contributed by atoms with Gasteiger partial charge in [0.05, 0.1) is 0 Å². The molecular weight excluding hydrogens is 304 g/mol. The van der Waals surface area contributed by atoms with Crippen molar-refractivity contribution in [2.45, 2.75) is 6.92 Å². The Labute approximate surface area is 147 Å². The molecule has 0 unspecified atom stereocenters. The standard InChI is InChI=1S/C23H18N2/c1-17-20(23-24-15-8-16-25-23)13-14-21(18-9-4-2-5-10-18)22(17)19-11-6-3-7-12-19/h2-16H,1H3. The predicted molar refractivity (Wildman–Crippen MR) is 103 cm³/mol. The van der Waals surface area contributed by atoms with Crippen LogP contribution in [0.4, 0.5) is 0 Å². The van der Waals surface area contributed by atoms with Gasteiger partial charge < -0.3 is 0 Å². The van der Waals surface area contributed by atoms with Crippen molar-refractivity contribution in [3.8, 4) is 33.6 Å². The Bertz CT molecular complexity index is 978. The van der Waals surface area contributed by atoms with Gasteiger partial charge >= 0.3 is 0 Å². The van der Waals surface area contributed by atoms with E-state index >= 15 is 0 Å². The molecule has 0 saturated carbocycles. The van der Waals surface area contributed by atoms with Crippen molar-refractivity contribution in [2.75, 3.05) is 0 Å². The highest BCUT2D eigenvalue weighted by atomic mass is 14.9. The van der Waals surface area contributed by atoms with E-state index < -0.39 is 0 Å². The molecule has 4 aromatic rings. The van der Waals surface area contributed by atoms with Crippen LogP contribution in [0.2, 0.25) is 0 Å². The minimum absolute atomic E-state index is 0.761. The molecule has 0 saturated heterocycles.